The Labute approximate surface area is 173 Å². The third-order valence-corrected chi connectivity index (χ3v) is 6.24. The van der Waals surface area contributed by atoms with Gasteiger partial charge in [0.2, 0.25) is 0 Å². The summed E-state index contributed by atoms with van der Waals surface area (Å²) in [5, 5.41) is 3.66. The second-order valence-electron chi connectivity index (χ2n) is 7.37. The molecule has 2 heterocycles. The summed E-state index contributed by atoms with van der Waals surface area (Å²) in [5.74, 6) is 2.55. The lowest BCUT2D eigenvalue weighted by molar-refractivity contribution is 0.413. The van der Waals surface area contributed by atoms with Crippen LogP contribution < -0.4 is 10.1 Å². The van der Waals surface area contributed by atoms with E-state index in [0.29, 0.717) is 0 Å². The fourth-order valence-electron chi connectivity index (χ4n) is 4.05. The number of anilines is 1. The molecule has 146 valence electrons. The Morgan fingerprint density at radius 1 is 1.10 bits per heavy atom. The molecule has 1 unspecified atom stereocenters. The van der Waals surface area contributed by atoms with Gasteiger partial charge >= 0.3 is 0 Å². The number of aryl methyl sites for hydroxylation is 2. The summed E-state index contributed by atoms with van der Waals surface area (Å²) < 4.78 is 6.56. The minimum absolute atomic E-state index is 0.246. The SMILES string of the molecule is COc1ccc2c(c1)CCCC2Nc1cc(-c2ccc3ncsc3c2)nc(C)n1. The van der Waals surface area contributed by atoms with Gasteiger partial charge in [0.25, 0.3) is 0 Å². The van der Waals surface area contributed by atoms with Crippen LogP contribution in [-0.2, 0) is 6.42 Å². The number of benzene rings is 2. The predicted octanol–water partition coefficient (Wildman–Crippen LogP) is 5.56. The zero-order valence-electron chi connectivity index (χ0n) is 16.5. The van der Waals surface area contributed by atoms with Crippen molar-refractivity contribution in [3.63, 3.8) is 0 Å². The molecule has 29 heavy (non-hydrogen) atoms. The number of aromatic nitrogens is 3. The number of hydrogen-bond acceptors (Lipinski definition) is 6. The predicted molar refractivity (Wildman–Crippen MR) is 118 cm³/mol. The minimum atomic E-state index is 0.246. The summed E-state index contributed by atoms with van der Waals surface area (Å²) in [6.45, 7) is 1.94. The lowest BCUT2D eigenvalue weighted by Crippen LogP contribution is -2.18. The summed E-state index contributed by atoms with van der Waals surface area (Å²) in [4.78, 5) is 13.7. The van der Waals surface area contributed by atoms with Gasteiger partial charge in [-0.1, -0.05) is 12.1 Å². The number of methoxy groups -OCH3 is 1. The molecule has 5 rings (SSSR count). The van der Waals surface area contributed by atoms with Crippen molar-refractivity contribution in [2.45, 2.75) is 32.2 Å². The molecule has 1 N–H and O–H groups in total. The first-order valence-corrected chi connectivity index (χ1v) is 10.7. The molecule has 4 aromatic rings. The fraction of sp³-hybridized carbons (Fsp3) is 0.261. The number of thiazole rings is 1. The van der Waals surface area contributed by atoms with Crippen molar-refractivity contribution in [3.8, 4) is 17.0 Å². The molecule has 0 fully saturated rings. The summed E-state index contributed by atoms with van der Waals surface area (Å²) in [6.07, 6.45) is 3.33. The molecule has 2 aromatic carbocycles. The van der Waals surface area contributed by atoms with Crippen molar-refractivity contribution in [1.82, 2.24) is 15.0 Å². The Bertz CT molecular complexity index is 1190. The maximum absolute atomic E-state index is 5.39. The Kier molecular flexibility index (Phi) is 4.64. The van der Waals surface area contributed by atoms with Gasteiger partial charge in [-0.05, 0) is 61.6 Å². The van der Waals surface area contributed by atoms with Crippen LogP contribution in [0.2, 0.25) is 0 Å². The summed E-state index contributed by atoms with van der Waals surface area (Å²) in [6, 6.07) is 15.0. The lowest BCUT2D eigenvalue weighted by atomic mass is 9.87. The summed E-state index contributed by atoms with van der Waals surface area (Å²) in [5.41, 5.74) is 7.61. The molecule has 1 atom stereocenters. The highest BCUT2D eigenvalue weighted by atomic mass is 32.1. The highest BCUT2D eigenvalue weighted by Crippen LogP contribution is 2.35. The molecule has 0 bridgehead atoms. The van der Waals surface area contributed by atoms with Crippen LogP contribution in [0.25, 0.3) is 21.5 Å². The fourth-order valence-corrected chi connectivity index (χ4v) is 4.77. The number of nitrogens with zero attached hydrogens (tertiary/aromatic N) is 3. The highest BCUT2D eigenvalue weighted by molar-refractivity contribution is 7.16. The Morgan fingerprint density at radius 2 is 2.03 bits per heavy atom. The molecule has 0 amide bonds. The van der Waals surface area contributed by atoms with Gasteiger partial charge in [-0.15, -0.1) is 11.3 Å². The van der Waals surface area contributed by atoms with Crippen LogP contribution in [0.3, 0.4) is 0 Å². The molecule has 0 spiro atoms. The highest BCUT2D eigenvalue weighted by Gasteiger charge is 2.21. The van der Waals surface area contributed by atoms with E-state index in [1.165, 1.54) is 15.8 Å². The van der Waals surface area contributed by atoms with Crippen LogP contribution in [0.1, 0.15) is 35.8 Å². The molecule has 2 aromatic heterocycles. The normalized spacial score (nSPS) is 15.9. The number of nitrogens with one attached hydrogen (secondary N) is 1. The van der Waals surface area contributed by atoms with Crippen LogP contribution in [0.5, 0.6) is 5.75 Å². The van der Waals surface area contributed by atoms with Crippen molar-refractivity contribution >= 4 is 27.4 Å². The van der Waals surface area contributed by atoms with E-state index in [1.807, 2.05) is 24.6 Å². The summed E-state index contributed by atoms with van der Waals surface area (Å²) in [7, 11) is 1.72. The van der Waals surface area contributed by atoms with Gasteiger partial charge in [0.05, 0.1) is 34.6 Å². The molecule has 0 aliphatic heterocycles. The van der Waals surface area contributed by atoms with E-state index in [-0.39, 0.29) is 6.04 Å². The van der Waals surface area contributed by atoms with Crippen LogP contribution in [0.15, 0.2) is 48.0 Å². The number of rotatable bonds is 4. The average molecular weight is 403 g/mol. The van der Waals surface area contributed by atoms with Crippen LogP contribution in [-0.4, -0.2) is 22.1 Å². The van der Waals surface area contributed by atoms with Crippen LogP contribution in [0.4, 0.5) is 5.82 Å². The van der Waals surface area contributed by atoms with Gasteiger partial charge in [0, 0.05) is 11.6 Å². The first-order valence-electron chi connectivity index (χ1n) is 9.82. The van der Waals surface area contributed by atoms with Crippen molar-refractivity contribution in [1.29, 1.82) is 0 Å². The quantitative estimate of drug-likeness (QED) is 0.484. The molecular formula is C23H22N4OS. The van der Waals surface area contributed by atoms with Gasteiger partial charge in [0.1, 0.15) is 17.4 Å². The van der Waals surface area contributed by atoms with Crippen molar-refractivity contribution in [2.75, 3.05) is 12.4 Å². The van der Waals surface area contributed by atoms with Gasteiger partial charge in [-0.2, -0.15) is 0 Å². The zero-order chi connectivity index (χ0) is 19.8. The van der Waals surface area contributed by atoms with Crippen molar-refractivity contribution < 1.29 is 4.74 Å². The van der Waals surface area contributed by atoms with E-state index in [2.05, 4.69) is 50.6 Å². The molecule has 0 saturated carbocycles. The van der Waals surface area contributed by atoms with Crippen molar-refractivity contribution in [2.24, 2.45) is 0 Å². The van der Waals surface area contributed by atoms with Crippen LogP contribution >= 0.6 is 11.3 Å². The monoisotopic (exact) mass is 402 g/mol. The zero-order valence-corrected chi connectivity index (χ0v) is 17.3. The Morgan fingerprint density at radius 3 is 2.93 bits per heavy atom. The van der Waals surface area contributed by atoms with Gasteiger partial charge in [0.15, 0.2) is 0 Å². The largest absolute Gasteiger partial charge is 0.497 e. The van der Waals surface area contributed by atoms with E-state index >= 15 is 0 Å². The first-order chi connectivity index (χ1) is 14.2. The van der Waals surface area contributed by atoms with Gasteiger partial charge in [-0.25, -0.2) is 15.0 Å². The standard InChI is InChI=1S/C23H22N4OS/c1-14-25-21(16-6-9-20-22(11-16)29-13-24-20)12-23(26-14)27-19-5-3-4-15-10-17(28-2)7-8-18(15)19/h6-13,19H,3-5H2,1-2H3,(H,25,26,27). The maximum Gasteiger partial charge on any atom is 0.130 e. The molecule has 1 aliphatic carbocycles. The number of hydrogen-bond donors (Lipinski definition) is 1. The van der Waals surface area contributed by atoms with E-state index in [1.54, 1.807) is 18.4 Å². The van der Waals surface area contributed by atoms with E-state index in [0.717, 1.165) is 53.4 Å². The smallest absolute Gasteiger partial charge is 0.130 e. The van der Waals surface area contributed by atoms with Crippen molar-refractivity contribution in [3.05, 3.63) is 64.9 Å². The first kappa shape index (κ1) is 18.1. The third kappa shape index (κ3) is 3.56. The second-order valence-corrected chi connectivity index (χ2v) is 8.26. The van der Waals surface area contributed by atoms with E-state index < -0.39 is 0 Å². The summed E-state index contributed by atoms with van der Waals surface area (Å²) >= 11 is 1.65. The topological polar surface area (TPSA) is 59.9 Å². The molecule has 5 nitrogen and oxygen atoms in total. The van der Waals surface area contributed by atoms with Gasteiger partial charge < -0.3 is 10.1 Å². The third-order valence-electron chi connectivity index (χ3n) is 5.45. The molecular weight excluding hydrogens is 380 g/mol. The Balaban J connectivity index is 1.47. The van der Waals surface area contributed by atoms with Gasteiger partial charge in [-0.3, -0.25) is 0 Å². The minimum Gasteiger partial charge on any atom is -0.497 e. The number of ether oxygens (including phenoxy) is 1. The molecule has 0 saturated heterocycles. The van der Waals surface area contributed by atoms with E-state index in [4.69, 9.17) is 4.74 Å². The molecule has 0 radical (unpaired) electrons. The second kappa shape index (κ2) is 7.44. The maximum atomic E-state index is 5.39. The molecule has 1 aliphatic rings. The van der Waals surface area contributed by atoms with E-state index in [9.17, 15) is 0 Å². The number of fused-ring (bicyclic) bond motifs is 2. The average Bonchev–Trinajstić information content (AvgIpc) is 3.21. The molecule has 6 heteroatoms. The lowest BCUT2D eigenvalue weighted by Gasteiger charge is -2.27. The Hall–Kier alpha value is -2.99. The van der Waals surface area contributed by atoms with Crippen LogP contribution in [0, 0.1) is 6.92 Å².